The summed E-state index contributed by atoms with van der Waals surface area (Å²) < 4.78 is 6.42. The first-order valence-corrected chi connectivity index (χ1v) is 9.79. The summed E-state index contributed by atoms with van der Waals surface area (Å²) >= 11 is 0. The molecule has 0 saturated heterocycles. The molecule has 0 aliphatic carbocycles. The fourth-order valence-electron chi connectivity index (χ4n) is 2.98. The molecule has 0 saturated carbocycles. The molecule has 118 valence electrons. The Morgan fingerprint density at radius 1 is 0.909 bits per heavy atom. The maximum absolute atomic E-state index is 10.3. The van der Waals surface area contributed by atoms with Crippen LogP contribution in [0.2, 0.25) is 5.04 Å². The van der Waals surface area contributed by atoms with E-state index in [0.717, 1.165) is 0 Å². The van der Waals surface area contributed by atoms with E-state index in [1.165, 1.54) is 10.4 Å². The summed E-state index contributed by atoms with van der Waals surface area (Å²) in [6.07, 6.45) is -0.156. The Kier molecular flexibility index (Phi) is 5.22. The first-order chi connectivity index (χ1) is 10.4. The highest BCUT2D eigenvalue weighted by atomic mass is 28.4. The van der Waals surface area contributed by atoms with Gasteiger partial charge in [0, 0.05) is 0 Å². The van der Waals surface area contributed by atoms with Gasteiger partial charge in [-0.2, -0.15) is 0 Å². The van der Waals surface area contributed by atoms with E-state index in [0.29, 0.717) is 6.42 Å². The van der Waals surface area contributed by atoms with E-state index in [-0.39, 0.29) is 5.04 Å². The third kappa shape index (κ3) is 3.17. The van der Waals surface area contributed by atoms with E-state index in [1.807, 2.05) is 43.3 Å². The normalized spacial score (nSPS) is 13.9. The van der Waals surface area contributed by atoms with E-state index in [4.69, 9.17) is 4.43 Å². The third-order valence-corrected chi connectivity index (χ3v) is 9.11. The van der Waals surface area contributed by atoms with Crippen LogP contribution in [0.1, 0.15) is 34.1 Å². The van der Waals surface area contributed by atoms with Gasteiger partial charge >= 0.3 is 0 Å². The summed E-state index contributed by atoms with van der Waals surface area (Å²) in [6, 6.07) is 20.8. The van der Waals surface area contributed by atoms with Crippen LogP contribution in [0.3, 0.4) is 0 Å². The average molecular weight is 315 g/mol. The zero-order chi connectivity index (χ0) is 16.2. The van der Waals surface area contributed by atoms with Crippen LogP contribution in [0.25, 0.3) is 0 Å². The van der Waals surface area contributed by atoms with Gasteiger partial charge in [-0.05, 0) is 21.8 Å². The molecule has 0 aromatic heterocycles. The minimum atomic E-state index is -2.58. The van der Waals surface area contributed by atoms with Crippen molar-refractivity contribution >= 4 is 18.7 Å². The molecule has 3 heteroatoms. The van der Waals surface area contributed by atoms with Gasteiger partial charge in [-0.1, -0.05) is 88.4 Å². The van der Waals surface area contributed by atoms with Gasteiger partial charge < -0.3 is 9.53 Å². The SMILES string of the molecule is CC[C@@H](O)O[Si](c1ccccc1)(c1ccccc1)C(C)(C)C. The fraction of sp³-hybridized carbons (Fsp3) is 0.368. The summed E-state index contributed by atoms with van der Waals surface area (Å²) in [5.74, 6) is 0. The molecule has 0 spiro atoms. The van der Waals surface area contributed by atoms with Crippen LogP contribution in [0.15, 0.2) is 60.7 Å². The largest absolute Gasteiger partial charge is 0.383 e. The van der Waals surface area contributed by atoms with E-state index < -0.39 is 14.6 Å². The maximum atomic E-state index is 10.3. The van der Waals surface area contributed by atoms with Crippen molar-refractivity contribution in [2.45, 2.75) is 45.4 Å². The van der Waals surface area contributed by atoms with Crippen molar-refractivity contribution in [3.63, 3.8) is 0 Å². The van der Waals surface area contributed by atoms with Gasteiger partial charge in [-0.3, -0.25) is 0 Å². The van der Waals surface area contributed by atoms with E-state index in [1.54, 1.807) is 0 Å². The number of rotatable bonds is 5. The summed E-state index contributed by atoms with van der Waals surface area (Å²) in [5, 5.41) is 12.6. The third-order valence-electron chi connectivity index (χ3n) is 4.08. The molecular formula is C19H26O2Si. The van der Waals surface area contributed by atoms with Crippen LogP contribution in [0.4, 0.5) is 0 Å². The Morgan fingerprint density at radius 3 is 1.64 bits per heavy atom. The monoisotopic (exact) mass is 314 g/mol. The Balaban J connectivity index is 2.70. The molecule has 1 atom stereocenters. The maximum Gasteiger partial charge on any atom is 0.264 e. The Morgan fingerprint density at radius 2 is 1.32 bits per heavy atom. The lowest BCUT2D eigenvalue weighted by Crippen LogP contribution is -2.67. The van der Waals surface area contributed by atoms with Crippen LogP contribution in [-0.2, 0) is 4.43 Å². The van der Waals surface area contributed by atoms with E-state index >= 15 is 0 Å². The second kappa shape index (κ2) is 6.78. The molecule has 2 rings (SSSR count). The van der Waals surface area contributed by atoms with Gasteiger partial charge in [-0.25, -0.2) is 0 Å². The van der Waals surface area contributed by atoms with Gasteiger partial charge in [0.15, 0.2) is 0 Å². The Hall–Kier alpha value is -1.42. The van der Waals surface area contributed by atoms with E-state index in [2.05, 4.69) is 45.0 Å². The summed E-state index contributed by atoms with van der Waals surface area (Å²) in [6.45, 7) is 8.58. The molecule has 0 aliphatic rings. The lowest BCUT2D eigenvalue weighted by Gasteiger charge is -2.44. The molecule has 0 unspecified atom stereocenters. The molecule has 0 amide bonds. The number of aliphatic hydroxyl groups excluding tert-OH is 1. The van der Waals surface area contributed by atoms with E-state index in [9.17, 15) is 5.11 Å². The quantitative estimate of drug-likeness (QED) is 0.678. The fourth-order valence-corrected chi connectivity index (χ4v) is 7.57. The van der Waals surface area contributed by atoms with Crippen LogP contribution in [-0.4, -0.2) is 19.7 Å². The molecule has 0 bridgehead atoms. The van der Waals surface area contributed by atoms with Crippen molar-refractivity contribution in [3.8, 4) is 0 Å². The molecule has 22 heavy (non-hydrogen) atoms. The van der Waals surface area contributed by atoms with Crippen molar-refractivity contribution in [1.82, 2.24) is 0 Å². The highest BCUT2D eigenvalue weighted by Crippen LogP contribution is 2.37. The average Bonchev–Trinajstić information content (AvgIpc) is 2.52. The molecule has 2 aromatic rings. The first kappa shape index (κ1) is 16.9. The molecule has 0 radical (unpaired) electrons. The van der Waals surface area contributed by atoms with Gasteiger partial charge in [0.2, 0.25) is 0 Å². The van der Waals surface area contributed by atoms with Crippen LogP contribution in [0.5, 0.6) is 0 Å². The van der Waals surface area contributed by atoms with Crippen molar-refractivity contribution in [3.05, 3.63) is 60.7 Å². The smallest absolute Gasteiger partial charge is 0.264 e. The second-order valence-corrected chi connectivity index (χ2v) is 10.9. The van der Waals surface area contributed by atoms with Crippen molar-refractivity contribution in [2.75, 3.05) is 0 Å². The molecule has 0 fully saturated rings. The molecule has 0 heterocycles. The molecule has 2 aromatic carbocycles. The minimum Gasteiger partial charge on any atom is -0.383 e. The lowest BCUT2D eigenvalue weighted by atomic mass is 10.2. The molecule has 0 aliphatic heterocycles. The first-order valence-electron chi connectivity index (χ1n) is 7.88. The topological polar surface area (TPSA) is 29.5 Å². The standard InChI is InChI=1S/C19H26O2Si/c1-5-18(20)21-22(19(2,3)4,16-12-8-6-9-13-16)17-14-10-7-11-15-17/h6-15,18,20H,5H2,1-4H3/t18-/m0/s1. The summed E-state index contributed by atoms with van der Waals surface area (Å²) in [5.41, 5.74) is 0. The van der Waals surface area contributed by atoms with Crippen LogP contribution in [0, 0.1) is 0 Å². The number of aliphatic hydroxyl groups is 1. The van der Waals surface area contributed by atoms with Gasteiger partial charge in [0.05, 0.1) is 0 Å². The lowest BCUT2D eigenvalue weighted by molar-refractivity contribution is -0.0271. The predicted octanol–water partition coefficient (Wildman–Crippen LogP) is 3.29. The van der Waals surface area contributed by atoms with Crippen molar-refractivity contribution in [1.29, 1.82) is 0 Å². The molecule has 2 nitrogen and oxygen atoms in total. The zero-order valence-corrected chi connectivity index (χ0v) is 14.9. The zero-order valence-electron chi connectivity index (χ0n) is 13.9. The highest BCUT2D eigenvalue weighted by molar-refractivity contribution is 6.99. The Bertz CT molecular complexity index is 536. The molecular weight excluding hydrogens is 288 g/mol. The summed E-state index contributed by atoms with van der Waals surface area (Å²) in [7, 11) is -2.58. The molecule has 1 N–H and O–H groups in total. The van der Waals surface area contributed by atoms with Crippen LogP contribution < -0.4 is 10.4 Å². The van der Waals surface area contributed by atoms with Gasteiger partial charge in [0.25, 0.3) is 8.32 Å². The summed E-state index contributed by atoms with van der Waals surface area (Å²) in [4.78, 5) is 0. The Labute approximate surface area is 134 Å². The predicted molar refractivity (Wildman–Crippen MR) is 95.0 cm³/mol. The number of hydrogen-bond donors (Lipinski definition) is 1. The van der Waals surface area contributed by atoms with Crippen molar-refractivity contribution in [2.24, 2.45) is 0 Å². The second-order valence-electron chi connectivity index (χ2n) is 6.64. The highest BCUT2D eigenvalue weighted by Gasteiger charge is 2.51. The minimum absolute atomic E-state index is 0.0914. The van der Waals surface area contributed by atoms with Gasteiger partial charge in [0.1, 0.15) is 6.29 Å². The number of benzene rings is 2. The number of hydrogen-bond acceptors (Lipinski definition) is 2. The van der Waals surface area contributed by atoms with Crippen molar-refractivity contribution < 1.29 is 9.53 Å². The van der Waals surface area contributed by atoms with Gasteiger partial charge in [-0.15, -0.1) is 0 Å². The van der Waals surface area contributed by atoms with Crippen LogP contribution >= 0.6 is 0 Å².